The van der Waals surface area contributed by atoms with Crippen LogP contribution >= 0.6 is 0 Å². The van der Waals surface area contributed by atoms with Gasteiger partial charge in [-0.2, -0.15) is 0 Å². The predicted molar refractivity (Wildman–Crippen MR) is 37.3 cm³/mol. The van der Waals surface area contributed by atoms with E-state index in [0.29, 0.717) is 0 Å². The van der Waals surface area contributed by atoms with E-state index in [0.717, 1.165) is 25.7 Å². The van der Waals surface area contributed by atoms with Gasteiger partial charge in [-0.05, 0) is 12.8 Å². The molecule has 0 aromatic carbocycles. The van der Waals surface area contributed by atoms with Crippen LogP contribution in [0, 0.1) is 0 Å². The molecule has 2 heteroatoms. The summed E-state index contributed by atoms with van der Waals surface area (Å²) in [7, 11) is 0. The Labute approximate surface area is 56.8 Å². The second-order valence-electron chi connectivity index (χ2n) is 2.30. The highest BCUT2D eigenvalue weighted by atomic mass is 17.1. The van der Waals surface area contributed by atoms with Crippen molar-refractivity contribution in [2.45, 2.75) is 45.6 Å². The Kier molecular flexibility index (Phi) is 5.99. The molecular formula is C7H16O2. The van der Waals surface area contributed by atoms with Crippen LogP contribution in [0.3, 0.4) is 0 Å². The minimum absolute atomic E-state index is 0.0694. The Balaban J connectivity index is 3.18. The van der Waals surface area contributed by atoms with Crippen LogP contribution in [0.5, 0.6) is 0 Å². The summed E-state index contributed by atoms with van der Waals surface area (Å²) >= 11 is 0. The van der Waals surface area contributed by atoms with Crippen molar-refractivity contribution >= 4 is 0 Å². The minimum atomic E-state index is 0.0694. The second-order valence-corrected chi connectivity index (χ2v) is 2.30. The Morgan fingerprint density at radius 1 is 1.22 bits per heavy atom. The quantitative estimate of drug-likeness (QED) is 0.460. The van der Waals surface area contributed by atoms with Gasteiger partial charge in [-0.1, -0.05) is 26.7 Å². The summed E-state index contributed by atoms with van der Waals surface area (Å²) in [5, 5.41) is 8.29. The summed E-state index contributed by atoms with van der Waals surface area (Å²) in [6, 6.07) is 0. The fourth-order valence-corrected chi connectivity index (χ4v) is 0.894. The molecule has 56 valence electrons. The third kappa shape index (κ3) is 4.43. The number of hydrogen-bond donors (Lipinski definition) is 1. The van der Waals surface area contributed by atoms with Crippen LogP contribution in [0.25, 0.3) is 0 Å². The number of hydrogen-bond acceptors (Lipinski definition) is 2. The average molecular weight is 132 g/mol. The molecule has 0 aliphatic heterocycles. The molecule has 0 amide bonds. The lowest BCUT2D eigenvalue weighted by atomic mass is 10.1. The first-order chi connectivity index (χ1) is 4.35. The summed E-state index contributed by atoms with van der Waals surface area (Å²) < 4.78 is 0. The maximum Gasteiger partial charge on any atom is 0.0927 e. The topological polar surface area (TPSA) is 29.5 Å². The SMILES string of the molecule is CCCC(CCC)OO. The highest BCUT2D eigenvalue weighted by Crippen LogP contribution is 2.06. The van der Waals surface area contributed by atoms with Crippen LogP contribution in [0.4, 0.5) is 0 Å². The summed E-state index contributed by atoms with van der Waals surface area (Å²) in [6.07, 6.45) is 4.14. The first-order valence-corrected chi connectivity index (χ1v) is 3.65. The zero-order valence-electron chi connectivity index (χ0n) is 6.26. The van der Waals surface area contributed by atoms with Crippen LogP contribution in [-0.2, 0) is 4.89 Å². The van der Waals surface area contributed by atoms with E-state index in [1.165, 1.54) is 0 Å². The van der Waals surface area contributed by atoms with E-state index in [4.69, 9.17) is 5.26 Å². The molecule has 0 aromatic heterocycles. The normalized spacial score (nSPS) is 10.7. The molecule has 0 rings (SSSR count). The van der Waals surface area contributed by atoms with Crippen molar-refractivity contribution in [1.29, 1.82) is 0 Å². The van der Waals surface area contributed by atoms with E-state index in [1.807, 2.05) is 0 Å². The van der Waals surface area contributed by atoms with Crippen molar-refractivity contribution in [2.24, 2.45) is 0 Å². The van der Waals surface area contributed by atoms with Crippen molar-refractivity contribution in [3.63, 3.8) is 0 Å². The maximum atomic E-state index is 8.29. The molecule has 1 N–H and O–H groups in total. The summed E-state index contributed by atoms with van der Waals surface area (Å²) in [6.45, 7) is 4.17. The molecule has 0 atom stereocenters. The van der Waals surface area contributed by atoms with Gasteiger partial charge in [0.05, 0.1) is 6.10 Å². The van der Waals surface area contributed by atoms with Crippen molar-refractivity contribution in [3.8, 4) is 0 Å². The second kappa shape index (κ2) is 6.05. The van der Waals surface area contributed by atoms with E-state index in [-0.39, 0.29) is 6.10 Å². The summed E-state index contributed by atoms with van der Waals surface area (Å²) in [5.41, 5.74) is 0. The molecule has 0 aromatic rings. The summed E-state index contributed by atoms with van der Waals surface area (Å²) in [5.74, 6) is 0. The fourth-order valence-electron chi connectivity index (χ4n) is 0.894. The fraction of sp³-hybridized carbons (Fsp3) is 1.00. The average Bonchev–Trinajstić information content (AvgIpc) is 1.88. The third-order valence-electron chi connectivity index (χ3n) is 1.37. The zero-order chi connectivity index (χ0) is 7.11. The molecular weight excluding hydrogens is 116 g/mol. The highest BCUT2D eigenvalue weighted by molar-refractivity contribution is 4.52. The Hall–Kier alpha value is -0.0800. The smallest absolute Gasteiger partial charge is 0.0927 e. The van der Waals surface area contributed by atoms with Gasteiger partial charge in [0, 0.05) is 0 Å². The van der Waals surface area contributed by atoms with Crippen LogP contribution in [-0.4, -0.2) is 11.4 Å². The van der Waals surface area contributed by atoms with E-state index >= 15 is 0 Å². The molecule has 0 bridgehead atoms. The molecule has 0 aliphatic rings. The van der Waals surface area contributed by atoms with Crippen LogP contribution in [0.1, 0.15) is 39.5 Å². The monoisotopic (exact) mass is 132 g/mol. The molecule has 0 fully saturated rings. The lowest BCUT2D eigenvalue weighted by molar-refractivity contribution is -0.281. The van der Waals surface area contributed by atoms with Crippen molar-refractivity contribution in [1.82, 2.24) is 0 Å². The van der Waals surface area contributed by atoms with Gasteiger partial charge in [0.1, 0.15) is 0 Å². The molecule has 0 spiro atoms. The van der Waals surface area contributed by atoms with Gasteiger partial charge < -0.3 is 0 Å². The van der Waals surface area contributed by atoms with Gasteiger partial charge in [-0.25, -0.2) is 4.89 Å². The number of rotatable bonds is 5. The standard InChI is InChI=1S/C7H16O2/c1-3-5-7(9-8)6-4-2/h7-8H,3-6H2,1-2H3. The third-order valence-corrected chi connectivity index (χ3v) is 1.37. The largest absolute Gasteiger partial charge is 0.252 e. The van der Waals surface area contributed by atoms with Gasteiger partial charge >= 0.3 is 0 Å². The van der Waals surface area contributed by atoms with E-state index in [2.05, 4.69) is 18.7 Å². The van der Waals surface area contributed by atoms with Gasteiger partial charge in [0.25, 0.3) is 0 Å². The van der Waals surface area contributed by atoms with Crippen LogP contribution < -0.4 is 0 Å². The summed E-state index contributed by atoms with van der Waals surface area (Å²) in [4.78, 5) is 4.23. The van der Waals surface area contributed by atoms with Gasteiger partial charge in [0.2, 0.25) is 0 Å². The first-order valence-electron chi connectivity index (χ1n) is 3.65. The molecule has 0 heterocycles. The van der Waals surface area contributed by atoms with Gasteiger partial charge in [-0.3, -0.25) is 5.26 Å². The van der Waals surface area contributed by atoms with Gasteiger partial charge in [0.15, 0.2) is 0 Å². The Bertz CT molecular complexity index is 48.9. The molecule has 9 heavy (non-hydrogen) atoms. The predicted octanol–water partition coefficient (Wildman–Crippen LogP) is 2.44. The lowest BCUT2D eigenvalue weighted by Crippen LogP contribution is -2.09. The van der Waals surface area contributed by atoms with Crippen LogP contribution in [0.2, 0.25) is 0 Å². The highest BCUT2D eigenvalue weighted by Gasteiger charge is 2.04. The van der Waals surface area contributed by atoms with E-state index in [9.17, 15) is 0 Å². The Morgan fingerprint density at radius 2 is 1.67 bits per heavy atom. The van der Waals surface area contributed by atoms with Gasteiger partial charge in [-0.15, -0.1) is 0 Å². The van der Waals surface area contributed by atoms with Crippen LogP contribution in [0.15, 0.2) is 0 Å². The first kappa shape index (κ1) is 8.92. The Morgan fingerprint density at radius 3 is 1.89 bits per heavy atom. The molecule has 0 radical (unpaired) electrons. The zero-order valence-corrected chi connectivity index (χ0v) is 6.26. The molecule has 0 aliphatic carbocycles. The maximum absolute atomic E-state index is 8.29. The lowest BCUT2D eigenvalue weighted by Gasteiger charge is -2.09. The van der Waals surface area contributed by atoms with E-state index < -0.39 is 0 Å². The van der Waals surface area contributed by atoms with E-state index in [1.54, 1.807) is 0 Å². The van der Waals surface area contributed by atoms with Crippen molar-refractivity contribution in [2.75, 3.05) is 0 Å². The van der Waals surface area contributed by atoms with Crippen molar-refractivity contribution < 1.29 is 10.1 Å². The molecule has 0 saturated heterocycles. The molecule has 0 unspecified atom stereocenters. The van der Waals surface area contributed by atoms with Crippen molar-refractivity contribution in [3.05, 3.63) is 0 Å². The molecule has 0 saturated carbocycles. The minimum Gasteiger partial charge on any atom is -0.252 e. The molecule has 2 nitrogen and oxygen atoms in total.